The third-order valence-corrected chi connectivity index (χ3v) is 2.94. The molecule has 1 N–H and O–H groups in total. The van der Waals surface area contributed by atoms with E-state index >= 15 is 0 Å². The summed E-state index contributed by atoms with van der Waals surface area (Å²) >= 11 is 0. The van der Waals surface area contributed by atoms with Gasteiger partial charge in [-0.1, -0.05) is 12.1 Å². The van der Waals surface area contributed by atoms with Crippen LogP contribution < -0.4 is 4.74 Å². The van der Waals surface area contributed by atoms with E-state index in [0.717, 1.165) is 0 Å². The molecule has 94 valence electrons. The van der Waals surface area contributed by atoms with Crippen LogP contribution in [0.15, 0.2) is 24.3 Å². The summed E-state index contributed by atoms with van der Waals surface area (Å²) in [7, 11) is 3.20. The minimum Gasteiger partial charge on any atom is -0.496 e. The molecule has 0 spiro atoms. The van der Waals surface area contributed by atoms with Crippen LogP contribution in [0.2, 0.25) is 0 Å². The van der Waals surface area contributed by atoms with Gasteiger partial charge in [-0.25, -0.2) is 0 Å². The van der Waals surface area contributed by atoms with Gasteiger partial charge in [-0.15, -0.1) is 0 Å². The zero-order valence-electron chi connectivity index (χ0n) is 10.7. The second-order valence-electron chi connectivity index (χ2n) is 4.54. The number of para-hydroxylation sites is 1. The Bertz CT molecular complexity index is 401. The van der Waals surface area contributed by atoms with E-state index in [-0.39, 0.29) is 12.5 Å². The molecule has 0 atom stereocenters. The first-order valence-corrected chi connectivity index (χ1v) is 5.46. The fourth-order valence-corrected chi connectivity index (χ4v) is 1.38. The zero-order chi connectivity index (χ0) is 13.1. The van der Waals surface area contributed by atoms with Gasteiger partial charge in [0, 0.05) is 7.05 Å². The predicted molar refractivity (Wildman–Crippen MR) is 66.3 cm³/mol. The summed E-state index contributed by atoms with van der Waals surface area (Å²) in [5.74, 6) is 0.375. The molecule has 0 radical (unpaired) electrons. The van der Waals surface area contributed by atoms with Crippen molar-refractivity contribution in [3.8, 4) is 5.75 Å². The first kappa shape index (κ1) is 13.5. The Kier molecular flexibility index (Phi) is 4.12. The van der Waals surface area contributed by atoms with Crippen LogP contribution in [-0.4, -0.2) is 42.2 Å². The Labute approximate surface area is 102 Å². The van der Waals surface area contributed by atoms with Gasteiger partial charge >= 0.3 is 0 Å². The second kappa shape index (κ2) is 5.19. The van der Waals surface area contributed by atoms with Crippen molar-refractivity contribution in [2.45, 2.75) is 19.4 Å². The molecule has 0 aliphatic heterocycles. The molecule has 0 aromatic heterocycles. The number of hydrogen-bond acceptors (Lipinski definition) is 3. The lowest BCUT2D eigenvalue weighted by Gasteiger charge is -2.34. The number of ether oxygens (including phenoxy) is 1. The number of benzene rings is 1. The van der Waals surface area contributed by atoms with Gasteiger partial charge in [-0.2, -0.15) is 0 Å². The van der Waals surface area contributed by atoms with Crippen LogP contribution in [0.4, 0.5) is 0 Å². The Morgan fingerprint density at radius 3 is 2.53 bits per heavy atom. The Morgan fingerprint density at radius 1 is 1.41 bits per heavy atom. The van der Waals surface area contributed by atoms with Gasteiger partial charge in [0.25, 0.3) is 5.91 Å². The van der Waals surface area contributed by atoms with Gasteiger partial charge in [0.05, 0.1) is 24.8 Å². The van der Waals surface area contributed by atoms with Gasteiger partial charge in [-0.05, 0) is 26.0 Å². The summed E-state index contributed by atoms with van der Waals surface area (Å²) in [5.41, 5.74) is -0.100. The second-order valence-corrected chi connectivity index (χ2v) is 4.54. The van der Waals surface area contributed by atoms with Gasteiger partial charge in [0.1, 0.15) is 5.75 Å². The summed E-state index contributed by atoms with van der Waals surface area (Å²) in [4.78, 5) is 13.8. The molecule has 0 bridgehead atoms. The van der Waals surface area contributed by atoms with Gasteiger partial charge < -0.3 is 14.7 Å². The van der Waals surface area contributed by atoms with Crippen molar-refractivity contribution in [2.75, 3.05) is 20.8 Å². The van der Waals surface area contributed by atoms with Crippen molar-refractivity contribution in [3.05, 3.63) is 29.8 Å². The molecule has 1 amide bonds. The third kappa shape index (κ3) is 2.77. The van der Waals surface area contributed by atoms with Crippen molar-refractivity contribution >= 4 is 5.91 Å². The smallest absolute Gasteiger partial charge is 0.257 e. The lowest BCUT2D eigenvalue weighted by molar-refractivity contribution is 0.0470. The summed E-state index contributed by atoms with van der Waals surface area (Å²) in [5, 5.41) is 9.26. The number of carbonyl (C=O) groups excluding carboxylic acids is 1. The van der Waals surface area contributed by atoms with Crippen LogP contribution in [0.3, 0.4) is 0 Å². The lowest BCUT2D eigenvalue weighted by Crippen LogP contribution is -2.47. The van der Waals surface area contributed by atoms with Gasteiger partial charge in [-0.3, -0.25) is 4.79 Å². The molecule has 0 aliphatic carbocycles. The SMILES string of the molecule is COc1ccccc1C(=O)N(C)C(C)(C)CO. The number of nitrogens with zero attached hydrogens (tertiary/aromatic N) is 1. The predicted octanol–water partition coefficient (Wildman–Crippen LogP) is 1.54. The van der Waals surface area contributed by atoms with Crippen LogP contribution >= 0.6 is 0 Å². The van der Waals surface area contributed by atoms with Crippen molar-refractivity contribution in [3.63, 3.8) is 0 Å². The lowest BCUT2D eigenvalue weighted by atomic mass is 10.0. The van der Waals surface area contributed by atoms with Crippen molar-refractivity contribution < 1.29 is 14.6 Å². The molecule has 0 heterocycles. The van der Waals surface area contributed by atoms with Crippen LogP contribution in [0.25, 0.3) is 0 Å². The summed E-state index contributed by atoms with van der Waals surface area (Å²) in [6.45, 7) is 3.52. The van der Waals surface area contributed by atoms with Crippen molar-refractivity contribution in [1.82, 2.24) is 4.90 Å². The highest BCUT2D eigenvalue weighted by atomic mass is 16.5. The minimum absolute atomic E-state index is 0.0929. The normalized spacial score (nSPS) is 11.1. The molecule has 17 heavy (non-hydrogen) atoms. The highest BCUT2D eigenvalue weighted by Crippen LogP contribution is 2.22. The molecular formula is C13H19NO3. The number of likely N-dealkylation sites (N-methyl/N-ethyl adjacent to an activating group) is 1. The highest BCUT2D eigenvalue weighted by molar-refractivity contribution is 5.97. The Morgan fingerprint density at radius 2 is 2.00 bits per heavy atom. The molecule has 0 unspecified atom stereocenters. The quantitative estimate of drug-likeness (QED) is 0.864. The Balaban J connectivity index is 3.04. The van der Waals surface area contributed by atoms with E-state index in [4.69, 9.17) is 4.74 Å². The summed E-state index contributed by atoms with van der Waals surface area (Å²) in [6, 6.07) is 7.06. The number of hydrogen-bond donors (Lipinski definition) is 1. The number of methoxy groups -OCH3 is 1. The highest BCUT2D eigenvalue weighted by Gasteiger charge is 2.28. The molecule has 4 heteroatoms. The fourth-order valence-electron chi connectivity index (χ4n) is 1.38. The van der Waals surface area contributed by atoms with Gasteiger partial charge in [0.2, 0.25) is 0 Å². The molecule has 0 aliphatic rings. The molecule has 1 aromatic carbocycles. The first-order valence-electron chi connectivity index (χ1n) is 5.46. The van der Waals surface area contributed by atoms with E-state index < -0.39 is 5.54 Å². The van der Waals surface area contributed by atoms with Crippen LogP contribution in [0.1, 0.15) is 24.2 Å². The first-order chi connectivity index (χ1) is 7.94. The van der Waals surface area contributed by atoms with E-state index in [1.807, 2.05) is 6.07 Å². The largest absolute Gasteiger partial charge is 0.496 e. The topological polar surface area (TPSA) is 49.8 Å². The number of aliphatic hydroxyl groups excluding tert-OH is 1. The standard InChI is InChI=1S/C13H19NO3/c1-13(2,9-15)14(3)12(16)10-7-5-6-8-11(10)17-4/h5-8,15H,9H2,1-4H3. The monoisotopic (exact) mass is 237 g/mol. The van der Waals surface area contributed by atoms with Crippen LogP contribution in [0.5, 0.6) is 5.75 Å². The summed E-state index contributed by atoms with van der Waals surface area (Å²) in [6.07, 6.45) is 0. The molecule has 0 saturated carbocycles. The van der Waals surface area contributed by atoms with E-state index in [2.05, 4.69) is 0 Å². The number of aliphatic hydroxyl groups is 1. The number of amides is 1. The molecule has 1 rings (SSSR count). The maximum Gasteiger partial charge on any atom is 0.257 e. The maximum atomic E-state index is 12.3. The maximum absolute atomic E-state index is 12.3. The number of rotatable bonds is 4. The molecule has 0 saturated heterocycles. The zero-order valence-corrected chi connectivity index (χ0v) is 10.7. The van der Waals surface area contributed by atoms with Crippen LogP contribution in [0, 0.1) is 0 Å². The fraction of sp³-hybridized carbons (Fsp3) is 0.462. The average Bonchev–Trinajstić information content (AvgIpc) is 2.36. The van der Waals surface area contributed by atoms with Gasteiger partial charge in [0.15, 0.2) is 0 Å². The number of carbonyl (C=O) groups is 1. The average molecular weight is 237 g/mol. The van der Waals surface area contributed by atoms with E-state index in [1.165, 1.54) is 12.0 Å². The minimum atomic E-state index is -0.599. The van der Waals surface area contributed by atoms with Crippen molar-refractivity contribution in [2.24, 2.45) is 0 Å². The van der Waals surface area contributed by atoms with E-state index in [9.17, 15) is 9.90 Å². The Hall–Kier alpha value is -1.55. The molecular weight excluding hydrogens is 218 g/mol. The van der Waals surface area contributed by atoms with E-state index in [1.54, 1.807) is 39.1 Å². The van der Waals surface area contributed by atoms with Crippen LogP contribution in [-0.2, 0) is 0 Å². The molecule has 0 fully saturated rings. The van der Waals surface area contributed by atoms with E-state index in [0.29, 0.717) is 11.3 Å². The van der Waals surface area contributed by atoms with Crippen molar-refractivity contribution in [1.29, 1.82) is 0 Å². The molecule has 1 aromatic rings. The third-order valence-electron chi connectivity index (χ3n) is 2.94. The summed E-state index contributed by atoms with van der Waals surface area (Å²) < 4.78 is 5.15. The molecule has 4 nitrogen and oxygen atoms in total.